The maximum atomic E-state index is 11.2. The summed E-state index contributed by atoms with van der Waals surface area (Å²) >= 11 is 0. The molecule has 0 saturated heterocycles. The fourth-order valence-corrected chi connectivity index (χ4v) is 2.30. The van der Waals surface area contributed by atoms with E-state index in [4.69, 9.17) is 9.84 Å². The number of methoxy groups -OCH3 is 1. The molecular weight excluding hydrogens is 298 g/mol. The van der Waals surface area contributed by atoms with Gasteiger partial charge in [-0.05, 0) is 19.1 Å². The third-order valence-electron chi connectivity index (χ3n) is 3.42. The van der Waals surface area contributed by atoms with Crippen LogP contribution < -0.4 is 10.1 Å². The smallest absolute Gasteiger partial charge is 0.341 e. The molecule has 0 fully saturated rings. The van der Waals surface area contributed by atoms with E-state index in [2.05, 4.69) is 20.4 Å². The van der Waals surface area contributed by atoms with Crippen molar-refractivity contribution in [3.05, 3.63) is 47.9 Å². The highest BCUT2D eigenvalue weighted by molar-refractivity contribution is 5.94. The molecule has 3 rings (SSSR count). The number of aromatic nitrogens is 4. The van der Waals surface area contributed by atoms with Crippen molar-refractivity contribution >= 4 is 17.4 Å². The molecule has 0 radical (unpaired) electrons. The van der Waals surface area contributed by atoms with Gasteiger partial charge in [-0.2, -0.15) is 5.10 Å². The molecule has 23 heavy (non-hydrogen) atoms. The normalized spacial score (nSPS) is 12.1. The highest BCUT2D eigenvalue weighted by Crippen LogP contribution is 2.25. The molecule has 0 aliphatic carbocycles. The SMILES string of the molecule is COc1ncccc1[C@@H](C)Nc1ccn2ncc(C(=O)O)c2n1. The van der Waals surface area contributed by atoms with Crippen LogP contribution in [-0.4, -0.2) is 37.8 Å². The Hall–Kier alpha value is -3.16. The molecule has 0 saturated carbocycles. The molecule has 3 aromatic rings. The van der Waals surface area contributed by atoms with Crippen LogP contribution in [0.1, 0.15) is 28.9 Å². The molecule has 3 aromatic heterocycles. The largest absolute Gasteiger partial charge is 0.481 e. The summed E-state index contributed by atoms with van der Waals surface area (Å²) in [5.41, 5.74) is 1.22. The van der Waals surface area contributed by atoms with Gasteiger partial charge >= 0.3 is 5.97 Å². The first-order valence-electron chi connectivity index (χ1n) is 6.93. The number of pyridine rings is 1. The number of anilines is 1. The van der Waals surface area contributed by atoms with E-state index in [1.807, 2.05) is 19.1 Å². The minimum atomic E-state index is -1.06. The molecule has 0 aromatic carbocycles. The van der Waals surface area contributed by atoms with Crippen LogP contribution >= 0.6 is 0 Å². The second-order valence-corrected chi connectivity index (χ2v) is 4.91. The van der Waals surface area contributed by atoms with Crippen molar-refractivity contribution in [2.45, 2.75) is 13.0 Å². The van der Waals surface area contributed by atoms with E-state index in [9.17, 15) is 4.79 Å². The second kappa shape index (κ2) is 5.91. The topological polar surface area (TPSA) is 102 Å². The summed E-state index contributed by atoms with van der Waals surface area (Å²) in [6.07, 6.45) is 4.59. The summed E-state index contributed by atoms with van der Waals surface area (Å²) in [7, 11) is 1.56. The Morgan fingerprint density at radius 2 is 2.26 bits per heavy atom. The van der Waals surface area contributed by atoms with Gasteiger partial charge in [-0.25, -0.2) is 19.3 Å². The maximum Gasteiger partial charge on any atom is 0.341 e. The molecule has 0 amide bonds. The maximum absolute atomic E-state index is 11.2. The number of carbonyl (C=O) groups is 1. The Kier molecular flexibility index (Phi) is 3.80. The lowest BCUT2D eigenvalue weighted by molar-refractivity contribution is 0.0699. The van der Waals surface area contributed by atoms with Crippen LogP contribution in [0.4, 0.5) is 5.82 Å². The summed E-state index contributed by atoms with van der Waals surface area (Å²) < 4.78 is 6.67. The van der Waals surface area contributed by atoms with Crippen LogP contribution in [0.5, 0.6) is 5.88 Å². The van der Waals surface area contributed by atoms with Gasteiger partial charge in [0.25, 0.3) is 0 Å². The molecule has 0 aliphatic rings. The summed E-state index contributed by atoms with van der Waals surface area (Å²) in [6, 6.07) is 5.34. The number of carboxylic acid groups (broad SMARTS) is 1. The molecule has 0 unspecified atom stereocenters. The zero-order valence-corrected chi connectivity index (χ0v) is 12.6. The first kappa shape index (κ1) is 14.8. The Bertz CT molecular complexity index is 861. The van der Waals surface area contributed by atoms with Crippen molar-refractivity contribution in [2.75, 3.05) is 12.4 Å². The van der Waals surface area contributed by atoms with Gasteiger partial charge in [0.15, 0.2) is 5.65 Å². The second-order valence-electron chi connectivity index (χ2n) is 4.91. The third-order valence-corrected chi connectivity index (χ3v) is 3.42. The number of aromatic carboxylic acids is 1. The molecule has 3 heterocycles. The van der Waals surface area contributed by atoms with Gasteiger partial charge < -0.3 is 15.2 Å². The average Bonchev–Trinajstić information content (AvgIpc) is 2.98. The molecular formula is C15H15N5O3. The quantitative estimate of drug-likeness (QED) is 0.742. The number of ether oxygens (including phenoxy) is 1. The molecule has 8 heteroatoms. The highest BCUT2D eigenvalue weighted by Gasteiger charge is 2.15. The standard InChI is InChI=1S/C15H15N5O3/c1-9(10-4-3-6-16-14(10)23-2)18-12-5-7-20-13(19-12)11(8-17-20)15(21)22/h3-9H,1-2H3,(H,18,19)(H,21,22)/t9-/m1/s1. The lowest BCUT2D eigenvalue weighted by Crippen LogP contribution is -2.10. The van der Waals surface area contributed by atoms with Gasteiger partial charge in [-0.15, -0.1) is 0 Å². The first-order chi connectivity index (χ1) is 11.1. The van der Waals surface area contributed by atoms with Gasteiger partial charge in [-0.1, -0.05) is 6.07 Å². The number of nitrogens with zero attached hydrogens (tertiary/aromatic N) is 4. The van der Waals surface area contributed by atoms with Crippen molar-refractivity contribution in [3.63, 3.8) is 0 Å². The van der Waals surface area contributed by atoms with Crippen LogP contribution in [0, 0.1) is 0 Å². The molecule has 0 bridgehead atoms. The van der Waals surface area contributed by atoms with E-state index in [0.717, 1.165) is 5.56 Å². The van der Waals surface area contributed by atoms with E-state index in [1.54, 1.807) is 25.6 Å². The number of carboxylic acids is 1. The third kappa shape index (κ3) is 2.78. The van der Waals surface area contributed by atoms with Crippen LogP contribution in [0.2, 0.25) is 0 Å². The molecule has 1 atom stereocenters. The predicted molar refractivity (Wildman–Crippen MR) is 82.8 cm³/mol. The minimum Gasteiger partial charge on any atom is -0.481 e. The number of nitrogens with one attached hydrogen (secondary N) is 1. The van der Waals surface area contributed by atoms with E-state index in [0.29, 0.717) is 11.7 Å². The van der Waals surface area contributed by atoms with Crippen LogP contribution in [0.15, 0.2) is 36.8 Å². The predicted octanol–water partition coefficient (Wildman–Crippen LogP) is 2.00. The van der Waals surface area contributed by atoms with Gasteiger partial charge in [0.05, 0.1) is 19.3 Å². The van der Waals surface area contributed by atoms with Crippen molar-refractivity contribution in [1.82, 2.24) is 19.6 Å². The summed E-state index contributed by atoms with van der Waals surface area (Å²) in [5, 5.41) is 16.3. The van der Waals surface area contributed by atoms with E-state index in [1.165, 1.54) is 10.7 Å². The van der Waals surface area contributed by atoms with Crippen LogP contribution in [-0.2, 0) is 0 Å². The molecule has 0 spiro atoms. The van der Waals surface area contributed by atoms with Crippen molar-refractivity contribution < 1.29 is 14.6 Å². The fourth-order valence-electron chi connectivity index (χ4n) is 2.30. The minimum absolute atomic E-state index is 0.0558. The van der Waals surface area contributed by atoms with Crippen molar-refractivity contribution in [1.29, 1.82) is 0 Å². The van der Waals surface area contributed by atoms with E-state index in [-0.39, 0.29) is 17.3 Å². The molecule has 2 N–H and O–H groups in total. The molecule has 8 nitrogen and oxygen atoms in total. The Morgan fingerprint density at radius 1 is 1.43 bits per heavy atom. The van der Waals surface area contributed by atoms with Gasteiger partial charge in [0.2, 0.25) is 5.88 Å². The van der Waals surface area contributed by atoms with E-state index >= 15 is 0 Å². The number of hydrogen-bond acceptors (Lipinski definition) is 6. The molecule has 0 aliphatic heterocycles. The number of fused-ring (bicyclic) bond motifs is 1. The van der Waals surface area contributed by atoms with Crippen LogP contribution in [0.25, 0.3) is 5.65 Å². The van der Waals surface area contributed by atoms with E-state index < -0.39 is 5.97 Å². The highest BCUT2D eigenvalue weighted by atomic mass is 16.5. The van der Waals surface area contributed by atoms with Crippen LogP contribution in [0.3, 0.4) is 0 Å². The van der Waals surface area contributed by atoms with Crippen molar-refractivity contribution in [2.24, 2.45) is 0 Å². The Morgan fingerprint density at radius 3 is 3.00 bits per heavy atom. The zero-order chi connectivity index (χ0) is 16.4. The molecule has 118 valence electrons. The van der Waals surface area contributed by atoms with Gasteiger partial charge in [0.1, 0.15) is 11.4 Å². The summed E-state index contributed by atoms with van der Waals surface area (Å²) in [5.74, 6) is 0.00897. The fraction of sp³-hybridized carbons (Fsp3) is 0.200. The summed E-state index contributed by atoms with van der Waals surface area (Å²) in [4.78, 5) is 19.7. The average molecular weight is 313 g/mol. The lowest BCUT2D eigenvalue weighted by Gasteiger charge is -2.16. The Labute approximate surface area is 131 Å². The van der Waals surface area contributed by atoms with Gasteiger partial charge in [-0.3, -0.25) is 0 Å². The summed E-state index contributed by atoms with van der Waals surface area (Å²) in [6.45, 7) is 1.94. The first-order valence-corrected chi connectivity index (χ1v) is 6.93. The monoisotopic (exact) mass is 313 g/mol. The lowest BCUT2D eigenvalue weighted by atomic mass is 10.1. The zero-order valence-electron chi connectivity index (χ0n) is 12.6. The Balaban J connectivity index is 1.91. The number of hydrogen-bond donors (Lipinski definition) is 2. The van der Waals surface area contributed by atoms with Crippen molar-refractivity contribution in [3.8, 4) is 5.88 Å². The number of rotatable bonds is 5. The van der Waals surface area contributed by atoms with Gasteiger partial charge in [0, 0.05) is 18.0 Å².